The van der Waals surface area contributed by atoms with Gasteiger partial charge >= 0.3 is 0 Å². The Morgan fingerprint density at radius 1 is 0.239 bits per heavy atom. The second-order valence-electron chi connectivity index (χ2n) is 11.7. The molecule has 0 aliphatic rings. The van der Waals surface area contributed by atoms with Crippen LogP contribution in [0.4, 0.5) is 0 Å². The summed E-state index contributed by atoms with van der Waals surface area (Å²) in [6.07, 6.45) is 0. The standard InChI is InChI=1S/C43H27N3/c1-3-10-30(11-4-1)41-44-42(31-12-5-2-6-13-31)46-43(45-41)36-22-24-39-35(26-36)20-19-34-25-32(21-23-38(34)39)33-18-17-29-16-15-28-9-7-8-14-37(28)40(29)27-33/h1-27H. The van der Waals surface area contributed by atoms with Crippen molar-refractivity contribution in [1.29, 1.82) is 0 Å². The van der Waals surface area contributed by atoms with Crippen molar-refractivity contribution in [3.05, 3.63) is 164 Å². The van der Waals surface area contributed by atoms with Gasteiger partial charge in [0.2, 0.25) is 0 Å². The zero-order valence-corrected chi connectivity index (χ0v) is 24.9. The third-order valence-electron chi connectivity index (χ3n) is 8.87. The van der Waals surface area contributed by atoms with Crippen LogP contribution < -0.4 is 0 Å². The summed E-state index contributed by atoms with van der Waals surface area (Å²) >= 11 is 0. The van der Waals surface area contributed by atoms with Crippen molar-refractivity contribution in [2.24, 2.45) is 0 Å². The first kappa shape index (κ1) is 26.2. The van der Waals surface area contributed by atoms with Crippen molar-refractivity contribution in [3.63, 3.8) is 0 Å². The molecule has 0 fully saturated rings. The smallest absolute Gasteiger partial charge is 0.164 e. The van der Waals surface area contributed by atoms with Crippen molar-refractivity contribution in [2.45, 2.75) is 0 Å². The Bertz CT molecular complexity index is 2520. The van der Waals surface area contributed by atoms with Crippen LogP contribution in [0.25, 0.3) is 88.4 Å². The first-order valence-corrected chi connectivity index (χ1v) is 15.5. The fourth-order valence-corrected chi connectivity index (χ4v) is 6.51. The second kappa shape index (κ2) is 10.8. The zero-order valence-electron chi connectivity index (χ0n) is 24.9. The lowest BCUT2D eigenvalue weighted by molar-refractivity contribution is 1.07. The summed E-state index contributed by atoms with van der Waals surface area (Å²) in [6, 6.07) is 57.8. The lowest BCUT2D eigenvalue weighted by Gasteiger charge is -2.11. The molecule has 0 atom stereocenters. The molecule has 0 saturated carbocycles. The monoisotopic (exact) mass is 585 g/mol. The van der Waals surface area contributed by atoms with Crippen LogP contribution in [-0.4, -0.2) is 15.0 Å². The van der Waals surface area contributed by atoms with Crippen LogP contribution in [0, 0.1) is 0 Å². The summed E-state index contributed by atoms with van der Waals surface area (Å²) in [7, 11) is 0. The number of nitrogens with zero attached hydrogens (tertiary/aromatic N) is 3. The fraction of sp³-hybridized carbons (Fsp3) is 0. The molecule has 0 saturated heterocycles. The minimum Gasteiger partial charge on any atom is -0.208 e. The number of hydrogen-bond acceptors (Lipinski definition) is 3. The van der Waals surface area contributed by atoms with Gasteiger partial charge in [-0.15, -0.1) is 0 Å². The zero-order chi connectivity index (χ0) is 30.5. The maximum atomic E-state index is 4.93. The highest BCUT2D eigenvalue weighted by atomic mass is 15.0. The van der Waals surface area contributed by atoms with E-state index in [1.54, 1.807) is 0 Å². The van der Waals surface area contributed by atoms with E-state index in [0.29, 0.717) is 17.5 Å². The van der Waals surface area contributed by atoms with Crippen LogP contribution in [0.5, 0.6) is 0 Å². The van der Waals surface area contributed by atoms with E-state index in [4.69, 9.17) is 15.0 Å². The number of aromatic nitrogens is 3. The van der Waals surface area contributed by atoms with E-state index in [-0.39, 0.29) is 0 Å². The van der Waals surface area contributed by atoms with Gasteiger partial charge in [-0.05, 0) is 72.4 Å². The van der Waals surface area contributed by atoms with Gasteiger partial charge in [-0.3, -0.25) is 0 Å². The quantitative estimate of drug-likeness (QED) is 0.193. The second-order valence-corrected chi connectivity index (χ2v) is 11.7. The predicted molar refractivity (Wildman–Crippen MR) is 192 cm³/mol. The SMILES string of the molecule is c1ccc(-c2nc(-c3ccccc3)nc(-c3ccc4c(ccc5cc(-c6ccc7ccc8ccccc8c7c6)ccc54)c3)n2)cc1. The Morgan fingerprint density at radius 2 is 0.652 bits per heavy atom. The Hall–Kier alpha value is -6.19. The van der Waals surface area contributed by atoms with Crippen LogP contribution in [-0.2, 0) is 0 Å². The third-order valence-corrected chi connectivity index (χ3v) is 8.87. The first-order valence-electron chi connectivity index (χ1n) is 15.5. The molecule has 0 bridgehead atoms. The van der Waals surface area contributed by atoms with E-state index < -0.39 is 0 Å². The molecular weight excluding hydrogens is 558 g/mol. The molecule has 0 spiro atoms. The van der Waals surface area contributed by atoms with Crippen molar-refractivity contribution < 1.29 is 0 Å². The van der Waals surface area contributed by atoms with Gasteiger partial charge in [0.25, 0.3) is 0 Å². The van der Waals surface area contributed by atoms with Gasteiger partial charge in [0.1, 0.15) is 0 Å². The van der Waals surface area contributed by atoms with Crippen molar-refractivity contribution in [1.82, 2.24) is 15.0 Å². The Labute approximate surface area is 266 Å². The van der Waals surface area contributed by atoms with Gasteiger partial charge in [0.05, 0.1) is 0 Å². The minimum absolute atomic E-state index is 0.661. The average molecular weight is 586 g/mol. The summed E-state index contributed by atoms with van der Waals surface area (Å²) in [4.78, 5) is 14.7. The van der Waals surface area contributed by atoms with Gasteiger partial charge in [0, 0.05) is 16.7 Å². The molecule has 3 heteroatoms. The van der Waals surface area contributed by atoms with Crippen LogP contribution in [0.15, 0.2) is 164 Å². The molecule has 0 aliphatic heterocycles. The highest BCUT2D eigenvalue weighted by Crippen LogP contribution is 2.35. The summed E-state index contributed by atoms with van der Waals surface area (Å²) in [5.74, 6) is 1.99. The Morgan fingerprint density at radius 3 is 1.30 bits per heavy atom. The summed E-state index contributed by atoms with van der Waals surface area (Å²) in [6.45, 7) is 0. The number of rotatable bonds is 4. The van der Waals surface area contributed by atoms with Gasteiger partial charge < -0.3 is 0 Å². The maximum Gasteiger partial charge on any atom is 0.164 e. The fourth-order valence-electron chi connectivity index (χ4n) is 6.51. The van der Waals surface area contributed by atoms with Gasteiger partial charge in [-0.25, -0.2) is 15.0 Å². The number of hydrogen-bond donors (Lipinski definition) is 0. The summed E-state index contributed by atoms with van der Waals surface area (Å²) in [5.41, 5.74) is 5.32. The number of fused-ring (bicyclic) bond motifs is 6. The lowest BCUT2D eigenvalue weighted by atomic mass is 9.94. The molecule has 0 amide bonds. The Balaban J connectivity index is 1.13. The van der Waals surface area contributed by atoms with Crippen molar-refractivity contribution in [3.8, 4) is 45.3 Å². The van der Waals surface area contributed by atoms with E-state index in [0.717, 1.165) is 22.1 Å². The van der Waals surface area contributed by atoms with Crippen LogP contribution in [0.2, 0.25) is 0 Å². The van der Waals surface area contributed by atoms with Crippen LogP contribution in [0.3, 0.4) is 0 Å². The maximum absolute atomic E-state index is 4.93. The molecule has 9 aromatic rings. The van der Waals surface area contributed by atoms with Crippen molar-refractivity contribution >= 4 is 43.1 Å². The molecule has 8 aromatic carbocycles. The van der Waals surface area contributed by atoms with Crippen molar-refractivity contribution in [2.75, 3.05) is 0 Å². The van der Waals surface area contributed by atoms with Gasteiger partial charge in [-0.2, -0.15) is 0 Å². The molecule has 1 aromatic heterocycles. The van der Waals surface area contributed by atoms with E-state index in [1.807, 2.05) is 60.7 Å². The molecule has 214 valence electrons. The Kier molecular flexibility index (Phi) is 6.14. The molecule has 0 radical (unpaired) electrons. The molecule has 0 aliphatic carbocycles. The summed E-state index contributed by atoms with van der Waals surface area (Å²) in [5, 5.41) is 9.89. The van der Waals surface area contributed by atoms with E-state index in [9.17, 15) is 0 Å². The molecule has 3 nitrogen and oxygen atoms in total. The topological polar surface area (TPSA) is 38.7 Å². The molecule has 46 heavy (non-hydrogen) atoms. The molecular formula is C43H27N3. The minimum atomic E-state index is 0.661. The van der Waals surface area contributed by atoms with E-state index >= 15 is 0 Å². The van der Waals surface area contributed by atoms with Crippen LogP contribution in [0.1, 0.15) is 0 Å². The highest BCUT2D eigenvalue weighted by molar-refractivity contribution is 6.11. The normalized spacial score (nSPS) is 11.5. The first-order chi connectivity index (χ1) is 22.8. The van der Waals surface area contributed by atoms with Crippen LogP contribution >= 0.6 is 0 Å². The largest absolute Gasteiger partial charge is 0.208 e. The summed E-state index contributed by atoms with van der Waals surface area (Å²) < 4.78 is 0. The van der Waals surface area contributed by atoms with Gasteiger partial charge in [0.15, 0.2) is 17.5 Å². The molecule has 0 unspecified atom stereocenters. The van der Waals surface area contributed by atoms with Gasteiger partial charge in [-0.1, -0.05) is 146 Å². The molecule has 9 rings (SSSR count). The van der Waals surface area contributed by atoms with E-state index in [2.05, 4.69) is 103 Å². The lowest BCUT2D eigenvalue weighted by Crippen LogP contribution is -2.00. The number of benzene rings is 8. The third kappa shape index (κ3) is 4.58. The highest BCUT2D eigenvalue weighted by Gasteiger charge is 2.13. The average Bonchev–Trinajstić information content (AvgIpc) is 3.14. The molecule has 1 heterocycles. The predicted octanol–water partition coefficient (Wildman–Crippen LogP) is 11.2. The molecule has 0 N–H and O–H groups in total. The van der Waals surface area contributed by atoms with E-state index in [1.165, 1.54) is 48.8 Å².